The summed E-state index contributed by atoms with van der Waals surface area (Å²) in [6.07, 6.45) is 8.77. The second-order valence-corrected chi connectivity index (χ2v) is 4.85. The fourth-order valence-electron chi connectivity index (χ4n) is 3.16. The maximum absolute atomic E-state index is 2.46. The predicted molar refractivity (Wildman–Crippen MR) is 59.4 cm³/mol. The maximum Gasteiger partial charge on any atom is 0.0143 e. The van der Waals surface area contributed by atoms with E-state index in [4.69, 9.17) is 0 Å². The lowest BCUT2D eigenvalue weighted by atomic mass is 9.80. The number of allylic oxidation sites excluding steroid dienone is 2. The van der Waals surface area contributed by atoms with Crippen molar-refractivity contribution in [2.75, 3.05) is 0 Å². The molecule has 0 N–H and O–H groups in total. The minimum atomic E-state index is 0.413. The Morgan fingerprint density at radius 3 is 2.93 bits per heavy atom. The molecule has 0 radical (unpaired) electrons. The quantitative estimate of drug-likeness (QED) is 0.542. The number of aryl methyl sites for hydroxylation is 1. The SMILES string of the molecule is C[C@@H]1C=C[C@]2(CCc3ccccc32)C1. The lowest BCUT2D eigenvalue weighted by Gasteiger charge is -2.23. The Labute approximate surface area is 85.6 Å². The molecule has 0 heteroatoms. The summed E-state index contributed by atoms with van der Waals surface area (Å²) in [6.45, 7) is 2.33. The van der Waals surface area contributed by atoms with Crippen molar-refractivity contribution in [2.45, 2.75) is 31.6 Å². The summed E-state index contributed by atoms with van der Waals surface area (Å²) >= 11 is 0. The van der Waals surface area contributed by atoms with Crippen LogP contribution in [0.1, 0.15) is 30.9 Å². The van der Waals surface area contributed by atoms with Crippen molar-refractivity contribution < 1.29 is 0 Å². The summed E-state index contributed by atoms with van der Waals surface area (Å²) in [6, 6.07) is 8.97. The molecular formula is C14H16. The molecule has 2 aliphatic rings. The Bertz CT molecular complexity index is 389. The smallest absolute Gasteiger partial charge is 0.0143 e. The Kier molecular flexibility index (Phi) is 1.61. The van der Waals surface area contributed by atoms with Crippen molar-refractivity contribution in [3.05, 3.63) is 47.5 Å². The first kappa shape index (κ1) is 8.28. The minimum Gasteiger partial charge on any atom is -0.0848 e. The first-order chi connectivity index (χ1) is 6.80. The van der Waals surface area contributed by atoms with Gasteiger partial charge in [0.15, 0.2) is 0 Å². The third-order valence-corrected chi connectivity index (χ3v) is 3.82. The van der Waals surface area contributed by atoms with Crippen LogP contribution in [0.3, 0.4) is 0 Å². The van der Waals surface area contributed by atoms with Crippen LogP contribution in [0.5, 0.6) is 0 Å². The number of hydrogen-bond donors (Lipinski definition) is 0. The molecule has 0 fully saturated rings. The zero-order chi connectivity index (χ0) is 9.60. The first-order valence-electron chi connectivity index (χ1n) is 5.58. The Morgan fingerprint density at radius 2 is 2.14 bits per heavy atom. The molecule has 0 aliphatic heterocycles. The van der Waals surface area contributed by atoms with Crippen LogP contribution in [-0.2, 0) is 11.8 Å². The maximum atomic E-state index is 2.46. The molecule has 1 aromatic carbocycles. The monoisotopic (exact) mass is 184 g/mol. The Hall–Kier alpha value is -1.04. The topological polar surface area (TPSA) is 0 Å². The molecule has 72 valence electrons. The standard InChI is InChI=1S/C14H16/c1-11-6-8-14(10-11)9-7-12-4-2-3-5-13(12)14/h2-6,8,11H,7,9-10H2,1H3/t11-,14+/m1/s1. The molecule has 0 saturated heterocycles. The molecule has 3 rings (SSSR count). The third-order valence-electron chi connectivity index (χ3n) is 3.82. The van der Waals surface area contributed by atoms with Crippen LogP contribution in [0.15, 0.2) is 36.4 Å². The molecule has 0 bridgehead atoms. The highest BCUT2D eigenvalue weighted by Gasteiger charge is 2.39. The van der Waals surface area contributed by atoms with Gasteiger partial charge in [-0.3, -0.25) is 0 Å². The normalized spacial score (nSPS) is 33.9. The molecule has 0 nitrogen and oxygen atoms in total. The van der Waals surface area contributed by atoms with Gasteiger partial charge in [0.25, 0.3) is 0 Å². The fraction of sp³-hybridized carbons (Fsp3) is 0.429. The predicted octanol–water partition coefficient (Wildman–Crippen LogP) is 3.47. The largest absolute Gasteiger partial charge is 0.0848 e. The summed E-state index contributed by atoms with van der Waals surface area (Å²) in [5, 5.41) is 0. The van der Waals surface area contributed by atoms with Crippen molar-refractivity contribution >= 4 is 0 Å². The molecule has 1 spiro atoms. The van der Waals surface area contributed by atoms with Crippen LogP contribution in [0.2, 0.25) is 0 Å². The van der Waals surface area contributed by atoms with Crippen molar-refractivity contribution in [3.63, 3.8) is 0 Å². The lowest BCUT2D eigenvalue weighted by Crippen LogP contribution is -2.17. The summed E-state index contributed by atoms with van der Waals surface area (Å²) in [7, 11) is 0. The highest BCUT2D eigenvalue weighted by molar-refractivity contribution is 5.44. The summed E-state index contributed by atoms with van der Waals surface area (Å²) < 4.78 is 0. The molecule has 0 amide bonds. The van der Waals surface area contributed by atoms with E-state index in [1.54, 1.807) is 11.1 Å². The summed E-state index contributed by atoms with van der Waals surface area (Å²) in [5.74, 6) is 0.765. The minimum absolute atomic E-state index is 0.413. The van der Waals surface area contributed by atoms with E-state index in [1.807, 2.05) is 0 Å². The van der Waals surface area contributed by atoms with E-state index in [-0.39, 0.29) is 0 Å². The molecule has 0 heterocycles. The number of rotatable bonds is 0. The van der Waals surface area contributed by atoms with E-state index in [2.05, 4.69) is 43.3 Å². The molecule has 0 aromatic heterocycles. The Balaban J connectivity index is 2.10. The van der Waals surface area contributed by atoms with Crippen LogP contribution in [0.4, 0.5) is 0 Å². The highest BCUT2D eigenvalue weighted by atomic mass is 14.4. The average Bonchev–Trinajstić information content (AvgIpc) is 2.75. The second-order valence-electron chi connectivity index (χ2n) is 4.85. The molecule has 14 heavy (non-hydrogen) atoms. The van der Waals surface area contributed by atoms with Gasteiger partial charge in [-0.2, -0.15) is 0 Å². The van der Waals surface area contributed by atoms with Gasteiger partial charge in [0.1, 0.15) is 0 Å². The fourth-order valence-corrected chi connectivity index (χ4v) is 3.16. The number of hydrogen-bond acceptors (Lipinski definition) is 0. The second kappa shape index (κ2) is 2.73. The third kappa shape index (κ3) is 1.00. The van der Waals surface area contributed by atoms with Crippen LogP contribution in [0.25, 0.3) is 0 Å². The van der Waals surface area contributed by atoms with E-state index in [9.17, 15) is 0 Å². The van der Waals surface area contributed by atoms with E-state index in [0.29, 0.717) is 5.41 Å². The molecule has 0 unspecified atom stereocenters. The van der Waals surface area contributed by atoms with Gasteiger partial charge >= 0.3 is 0 Å². The number of fused-ring (bicyclic) bond motifs is 2. The van der Waals surface area contributed by atoms with E-state index >= 15 is 0 Å². The van der Waals surface area contributed by atoms with E-state index in [1.165, 1.54) is 19.3 Å². The molecule has 0 saturated carbocycles. The number of benzene rings is 1. The van der Waals surface area contributed by atoms with Gasteiger partial charge in [-0.15, -0.1) is 0 Å². The lowest BCUT2D eigenvalue weighted by molar-refractivity contribution is 0.468. The zero-order valence-corrected chi connectivity index (χ0v) is 8.66. The van der Waals surface area contributed by atoms with Crippen LogP contribution >= 0.6 is 0 Å². The van der Waals surface area contributed by atoms with Crippen LogP contribution in [0, 0.1) is 5.92 Å². The zero-order valence-electron chi connectivity index (χ0n) is 8.66. The van der Waals surface area contributed by atoms with Gasteiger partial charge in [0.2, 0.25) is 0 Å². The average molecular weight is 184 g/mol. The first-order valence-corrected chi connectivity index (χ1v) is 5.58. The Morgan fingerprint density at radius 1 is 1.29 bits per heavy atom. The molecule has 2 aliphatic carbocycles. The summed E-state index contributed by atoms with van der Waals surface area (Å²) in [4.78, 5) is 0. The molecule has 2 atom stereocenters. The molecule has 1 aromatic rings. The van der Waals surface area contributed by atoms with Crippen molar-refractivity contribution in [1.29, 1.82) is 0 Å². The van der Waals surface area contributed by atoms with E-state index < -0.39 is 0 Å². The van der Waals surface area contributed by atoms with Gasteiger partial charge in [0, 0.05) is 5.41 Å². The van der Waals surface area contributed by atoms with Crippen molar-refractivity contribution in [2.24, 2.45) is 5.92 Å². The summed E-state index contributed by atoms with van der Waals surface area (Å²) in [5.41, 5.74) is 3.59. The highest BCUT2D eigenvalue weighted by Crippen LogP contribution is 2.47. The van der Waals surface area contributed by atoms with Crippen molar-refractivity contribution in [3.8, 4) is 0 Å². The van der Waals surface area contributed by atoms with E-state index in [0.717, 1.165) is 5.92 Å². The van der Waals surface area contributed by atoms with Gasteiger partial charge in [-0.1, -0.05) is 43.3 Å². The van der Waals surface area contributed by atoms with Crippen LogP contribution < -0.4 is 0 Å². The van der Waals surface area contributed by atoms with Gasteiger partial charge < -0.3 is 0 Å². The van der Waals surface area contributed by atoms with Crippen molar-refractivity contribution in [1.82, 2.24) is 0 Å². The van der Waals surface area contributed by atoms with Gasteiger partial charge in [-0.05, 0) is 36.3 Å². The van der Waals surface area contributed by atoms with Gasteiger partial charge in [-0.25, -0.2) is 0 Å². The molecular weight excluding hydrogens is 168 g/mol. The van der Waals surface area contributed by atoms with Gasteiger partial charge in [0.05, 0.1) is 0 Å². The van der Waals surface area contributed by atoms with Crippen LogP contribution in [-0.4, -0.2) is 0 Å².